The van der Waals surface area contributed by atoms with Crippen LogP contribution < -0.4 is 5.73 Å². The fourth-order valence-electron chi connectivity index (χ4n) is 1.74. The van der Waals surface area contributed by atoms with E-state index in [2.05, 4.69) is 25.1 Å². The minimum atomic E-state index is -0.241. The van der Waals surface area contributed by atoms with Crippen LogP contribution in [0.15, 0.2) is 31.0 Å². The maximum atomic E-state index is 6.10. The summed E-state index contributed by atoms with van der Waals surface area (Å²) in [6.45, 7) is 0. The summed E-state index contributed by atoms with van der Waals surface area (Å²) in [6.07, 6.45) is 7.54. The van der Waals surface area contributed by atoms with Gasteiger partial charge in [-0.1, -0.05) is 0 Å². The van der Waals surface area contributed by atoms with E-state index >= 15 is 0 Å². The van der Waals surface area contributed by atoms with Crippen molar-refractivity contribution >= 4 is 5.78 Å². The van der Waals surface area contributed by atoms with Gasteiger partial charge in [0.05, 0.1) is 12.4 Å². The first-order valence-electron chi connectivity index (χ1n) is 5.23. The largest absolute Gasteiger partial charge is 0.348 e. The predicted molar refractivity (Wildman–Crippen MR) is 60.0 cm³/mol. The number of H-pyrrole nitrogens is 1. The molecule has 0 fully saturated rings. The molecular formula is C10H11N7. The first-order chi connectivity index (χ1) is 8.34. The number of nitrogens with zero attached hydrogens (tertiary/aromatic N) is 5. The minimum absolute atomic E-state index is 0.241. The Kier molecular flexibility index (Phi) is 2.30. The van der Waals surface area contributed by atoms with Gasteiger partial charge >= 0.3 is 0 Å². The van der Waals surface area contributed by atoms with Crippen LogP contribution in [0.25, 0.3) is 5.78 Å². The molecule has 0 aliphatic carbocycles. The van der Waals surface area contributed by atoms with Crippen LogP contribution >= 0.6 is 0 Å². The van der Waals surface area contributed by atoms with Gasteiger partial charge in [0, 0.05) is 30.7 Å². The van der Waals surface area contributed by atoms with Crippen molar-refractivity contribution in [2.24, 2.45) is 5.73 Å². The van der Waals surface area contributed by atoms with Gasteiger partial charge in [-0.05, 0) is 6.07 Å². The fraction of sp³-hybridized carbons (Fsp3) is 0.200. The van der Waals surface area contributed by atoms with E-state index in [0.29, 0.717) is 18.0 Å². The number of aromatic amines is 1. The van der Waals surface area contributed by atoms with Gasteiger partial charge in [-0.25, -0.2) is 9.97 Å². The standard InChI is InChI=1S/C10H11N7/c11-8(4-7-5-12-6-14-7)9-15-16-10-13-2-1-3-17(9)10/h1-3,5-6,8H,4,11H2,(H,12,14). The number of hydrogen-bond donors (Lipinski definition) is 2. The maximum Gasteiger partial charge on any atom is 0.254 e. The highest BCUT2D eigenvalue weighted by Crippen LogP contribution is 2.12. The third-order valence-electron chi connectivity index (χ3n) is 2.54. The van der Waals surface area contributed by atoms with E-state index in [1.807, 2.05) is 12.3 Å². The second kappa shape index (κ2) is 3.95. The number of fused-ring (bicyclic) bond motifs is 1. The van der Waals surface area contributed by atoms with Crippen LogP contribution in [0, 0.1) is 0 Å². The summed E-state index contributed by atoms with van der Waals surface area (Å²) < 4.78 is 1.79. The Morgan fingerprint density at radius 3 is 3.18 bits per heavy atom. The van der Waals surface area contributed by atoms with Crippen molar-refractivity contribution in [1.82, 2.24) is 29.5 Å². The zero-order valence-electron chi connectivity index (χ0n) is 8.98. The topological polar surface area (TPSA) is 97.8 Å². The van der Waals surface area contributed by atoms with Gasteiger partial charge in [0.2, 0.25) is 0 Å². The van der Waals surface area contributed by atoms with E-state index in [-0.39, 0.29) is 6.04 Å². The monoisotopic (exact) mass is 229 g/mol. The van der Waals surface area contributed by atoms with Crippen molar-refractivity contribution < 1.29 is 0 Å². The summed E-state index contributed by atoms with van der Waals surface area (Å²) in [5.41, 5.74) is 7.07. The number of aromatic nitrogens is 6. The van der Waals surface area contributed by atoms with Gasteiger partial charge in [-0.3, -0.25) is 4.40 Å². The first kappa shape index (κ1) is 9.91. The molecule has 1 unspecified atom stereocenters. The van der Waals surface area contributed by atoms with E-state index in [1.54, 1.807) is 23.1 Å². The summed E-state index contributed by atoms with van der Waals surface area (Å²) in [7, 11) is 0. The highest BCUT2D eigenvalue weighted by molar-refractivity contribution is 5.27. The molecule has 3 aromatic rings. The van der Waals surface area contributed by atoms with Crippen LogP contribution in [0.2, 0.25) is 0 Å². The number of nitrogens with one attached hydrogen (secondary N) is 1. The molecule has 1 atom stereocenters. The Hall–Kier alpha value is -2.28. The van der Waals surface area contributed by atoms with Gasteiger partial charge in [-0.2, -0.15) is 0 Å². The lowest BCUT2D eigenvalue weighted by Gasteiger charge is -2.07. The van der Waals surface area contributed by atoms with Crippen molar-refractivity contribution in [2.45, 2.75) is 12.5 Å². The Labute approximate surface area is 96.7 Å². The average molecular weight is 229 g/mol. The van der Waals surface area contributed by atoms with Crippen LogP contribution in [0.1, 0.15) is 17.6 Å². The van der Waals surface area contributed by atoms with E-state index in [4.69, 9.17) is 5.73 Å². The van der Waals surface area contributed by atoms with Crippen molar-refractivity contribution in [3.8, 4) is 0 Å². The number of hydrogen-bond acceptors (Lipinski definition) is 5. The van der Waals surface area contributed by atoms with Gasteiger partial charge < -0.3 is 10.7 Å². The molecule has 0 aliphatic heterocycles. The normalized spacial score (nSPS) is 13.0. The molecule has 17 heavy (non-hydrogen) atoms. The number of imidazole rings is 1. The van der Waals surface area contributed by atoms with Gasteiger partial charge in [0.25, 0.3) is 5.78 Å². The highest BCUT2D eigenvalue weighted by atomic mass is 15.3. The van der Waals surface area contributed by atoms with E-state index in [9.17, 15) is 0 Å². The van der Waals surface area contributed by atoms with Crippen molar-refractivity contribution in [2.75, 3.05) is 0 Å². The van der Waals surface area contributed by atoms with E-state index < -0.39 is 0 Å². The second-order valence-corrected chi connectivity index (χ2v) is 3.74. The molecule has 7 heteroatoms. The maximum absolute atomic E-state index is 6.10. The molecule has 0 bridgehead atoms. The number of nitrogens with two attached hydrogens (primary N) is 1. The Morgan fingerprint density at radius 1 is 1.41 bits per heavy atom. The zero-order chi connectivity index (χ0) is 11.7. The van der Waals surface area contributed by atoms with Crippen LogP contribution in [-0.2, 0) is 6.42 Å². The molecule has 0 aromatic carbocycles. The quantitative estimate of drug-likeness (QED) is 0.663. The first-order valence-corrected chi connectivity index (χ1v) is 5.23. The summed E-state index contributed by atoms with van der Waals surface area (Å²) >= 11 is 0. The molecule has 7 nitrogen and oxygen atoms in total. The summed E-state index contributed by atoms with van der Waals surface area (Å²) in [4.78, 5) is 11.1. The summed E-state index contributed by atoms with van der Waals surface area (Å²) in [6, 6.07) is 1.58. The van der Waals surface area contributed by atoms with Gasteiger partial charge in [-0.15, -0.1) is 10.2 Å². The predicted octanol–water partition coefficient (Wildman–Crippen LogP) is 0.0899. The Morgan fingerprint density at radius 2 is 2.35 bits per heavy atom. The van der Waals surface area contributed by atoms with Crippen LogP contribution in [0.3, 0.4) is 0 Å². The lowest BCUT2D eigenvalue weighted by atomic mass is 10.1. The van der Waals surface area contributed by atoms with Gasteiger partial charge in [0.1, 0.15) is 0 Å². The molecular weight excluding hydrogens is 218 g/mol. The third-order valence-corrected chi connectivity index (χ3v) is 2.54. The average Bonchev–Trinajstić information content (AvgIpc) is 2.96. The highest BCUT2D eigenvalue weighted by Gasteiger charge is 2.15. The molecule has 3 aromatic heterocycles. The molecule has 0 amide bonds. The van der Waals surface area contributed by atoms with E-state index in [0.717, 1.165) is 5.69 Å². The second-order valence-electron chi connectivity index (χ2n) is 3.74. The molecule has 3 rings (SSSR count). The molecule has 3 heterocycles. The van der Waals surface area contributed by atoms with Crippen LogP contribution in [0.4, 0.5) is 0 Å². The molecule has 0 saturated heterocycles. The lowest BCUT2D eigenvalue weighted by molar-refractivity contribution is 0.649. The summed E-state index contributed by atoms with van der Waals surface area (Å²) in [5, 5.41) is 8.03. The molecule has 0 saturated carbocycles. The Bertz CT molecular complexity index is 612. The molecule has 0 spiro atoms. The zero-order valence-corrected chi connectivity index (χ0v) is 8.98. The minimum Gasteiger partial charge on any atom is -0.348 e. The molecule has 3 N–H and O–H groups in total. The Balaban J connectivity index is 1.93. The van der Waals surface area contributed by atoms with Crippen molar-refractivity contribution in [3.05, 3.63) is 42.5 Å². The third kappa shape index (κ3) is 1.76. The van der Waals surface area contributed by atoms with Crippen LogP contribution in [-0.4, -0.2) is 29.5 Å². The molecule has 0 radical (unpaired) electrons. The number of rotatable bonds is 3. The van der Waals surface area contributed by atoms with Crippen LogP contribution in [0.5, 0.6) is 0 Å². The molecule has 0 aliphatic rings. The van der Waals surface area contributed by atoms with Gasteiger partial charge in [0.15, 0.2) is 5.82 Å². The van der Waals surface area contributed by atoms with Crippen molar-refractivity contribution in [3.63, 3.8) is 0 Å². The smallest absolute Gasteiger partial charge is 0.254 e. The fourth-order valence-corrected chi connectivity index (χ4v) is 1.74. The van der Waals surface area contributed by atoms with Crippen molar-refractivity contribution in [1.29, 1.82) is 0 Å². The van der Waals surface area contributed by atoms with E-state index in [1.165, 1.54) is 0 Å². The lowest BCUT2D eigenvalue weighted by Crippen LogP contribution is -2.17. The summed E-state index contributed by atoms with van der Waals surface area (Å²) in [5.74, 6) is 1.25. The molecule has 86 valence electrons. The SMILES string of the molecule is NC(Cc1cnc[nH]1)c1nnc2ncccn12.